The Morgan fingerprint density at radius 2 is 2.43 bits per heavy atom. The van der Waals surface area contributed by atoms with Crippen LogP contribution in [0, 0.1) is 0 Å². The SMILES string of the molecule is CCn1cc2c(n1)[C@H](COC)CN(C(=O)c1cscn1)C2. The smallest absolute Gasteiger partial charge is 0.273 e. The molecule has 0 saturated heterocycles. The number of carbonyl (C=O) groups is 1. The van der Waals surface area contributed by atoms with Gasteiger partial charge in [0.05, 0.1) is 17.8 Å². The van der Waals surface area contributed by atoms with Gasteiger partial charge in [-0.15, -0.1) is 11.3 Å². The minimum Gasteiger partial charge on any atom is -0.384 e. The topological polar surface area (TPSA) is 60.2 Å². The lowest BCUT2D eigenvalue weighted by Gasteiger charge is -2.31. The van der Waals surface area contributed by atoms with Gasteiger partial charge in [0, 0.05) is 49.8 Å². The van der Waals surface area contributed by atoms with Crippen LogP contribution >= 0.6 is 11.3 Å². The first kappa shape index (κ1) is 14.2. The number of fused-ring (bicyclic) bond motifs is 1. The van der Waals surface area contributed by atoms with Gasteiger partial charge >= 0.3 is 0 Å². The van der Waals surface area contributed by atoms with Gasteiger partial charge in [-0.1, -0.05) is 0 Å². The van der Waals surface area contributed by atoms with Gasteiger partial charge in [0.1, 0.15) is 5.69 Å². The summed E-state index contributed by atoms with van der Waals surface area (Å²) >= 11 is 1.44. The third kappa shape index (κ3) is 2.71. The molecule has 1 amide bonds. The highest BCUT2D eigenvalue weighted by atomic mass is 32.1. The molecule has 112 valence electrons. The third-order valence-electron chi connectivity index (χ3n) is 3.69. The monoisotopic (exact) mass is 306 g/mol. The van der Waals surface area contributed by atoms with E-state index in [0.29, 0.717) is 25.4 Å². The molecule has 0 saturated carbocycles. The van der Waals surface area contributed by atoms with Crippen LogP contribution in [-0.4, -0.2) is 45.8 Å². The van der Waals surface area contributed by atoms with Crippen molar-refractivity contribution >= 4 is 17.2 Å². The number of hydrogen-bond acceptors (Lipinski definition) is 5. The van der Waals surface area contributed by atoms with Crippen LogP contribution in [-0.2, 0) is 17.8 Å². The van der Waals surface area contributed by atoms with Crippen LogP contribution in [0.1, 0.15) is 34.6 Å². The van der Waals surface area contributed by atoms with Gasteiger partial charge in [-0.3, -0.25) is 9.48 Å². The number of amides is 1. The molecule has 0 bridgehead atoms. The van der Waals surface area contributed by atoms with E-state index in [1.54, 1.807) is 18.0 Å². The summed E-state index contributed by atoms with van der Waals surface area (Å²) in [5.74, 6) is 0.0985. The maximum atomic E-state index is 12.5. The fraction of sp³-hybridized carbons (Fsp3) is 0.500. The molecule has 0 aromatic carbocycles. The second-order valence-electron chi connectivity index (χ2n) is 5.11. The fourth-order valence-electron chi connectivity index (χ4n) is 2.70. The number of nitrogens with zero attached hydrogens (tertiary/aromatic N) is 4. The summed E-state index contributed by atoms with van der Waals surface area (Å²) in [5.41, 5.74) is 4.36. The zero-order chi connectivity index (χ0) is 14.8. The number of aryl methyl sites for hydroxylation is 1. The lowest BCUT2D eigenvalue weighted by molar-refractivity contribution is 0.0673. The first-order chi connectivity index (χ1) is 10.2. The van der Waals surface area contributed by atoms with Crippen molar-refractivity contribution in [3.05, 3.63) is 34.0 Å². The predicted molar refractivity (Wildman–Crippen MR) is 79.4 cm³/mol. The van der Waals surface area contributed by atoms with E-state index in [1.165, 1.54) is 11.3 Å². The Balaban J connectivity index is 1.88. The Bertz CT molecular complexity index is 623. The number of ether oxygens (including phenoxy) is 1. The summed E-state index contributed by atoms with van der Waals surface area (Å²) < 4.78 is 7.22. The van der Waals surface area contributed by atoms with E-state index in [1.807, 2.05) is 15.8 Å². The molecule has 2 aromatic heterocycles. The second kappa shape index (κ2) is 5.95. The predicted octanol–water partition coefficient (Wildman–Crippen LogP) is 1.75. The molecule has 6 nitrogen and oxygen atoms in total. The van der Waals surface area contributed by atoms with Gasteiger partial charge in [-0.05, 0) is 6.92 Å². The van der Waals surface area contributed by atoms with Gasteiger partial charge in [0.2, 0.25) is 0 Å². The van der Waals surface area contributed by atoms with Crippen molar-refractivity contribution in [2.24, 2.45) is 0 Å². The zero-order valence-electron chi connectivity index (χ0n) is 12.2. The van der Waals surface area contributed by atoms with Crippen LogP contribution in [0.25, 0.3) is 0 Å². The van der Waals surface area contributed by atoms with Crippen molar-refractivity contribution < 1.29 is 9.53 Å². The van der Waals surface area contributed by atoms with Gasteiger partial charge in [0.25, 0.3) is 5.91 Å². The molecule has 0 N–H and O–H groups in total. The molecule has 1 aliphatic rings. The Morgan fingerprint density at radius 3 is 3.10 bits per heavy atom. The molecule has 3 heterocycles. The number of hydrogen-bond donors (Lipinski definition) is 0. The van der Waals surface area contributed by atoms with E-state index in [4.69, 9.17) is 4.74 Å². The first-order valence-corrected chi connectivity index (χ1v) is 7.89. The summed E-state index contributed by atoms with van der Waals surface area (Å²) in [6.07, 6.45) is 2.03. The highest BCUT2D eigenvalue weighted by molar-refractivity contribution is 7.07. The number of carbonyl (C=O) groups excluding carboxylic acids is 1. The van der Waals surface area contributed by atoms with E-state index in [-0.39, 0.29) is 11.8 Å². The molecule has 21 heavy (non-hydrogen) atoms. The lowest BCUT2D eigenvalue weighted by Crippen LogP contribution is -2.39. The van der Waals surface area contributed by atoms with Crippen LogP contribution in [0.4, 0.5) is 0 Å². The van der Waals surface area contributed by atoms with Crippen molar-refractivity contribution in [3.63, 3.8) is 0 Å². The normalized spacial score (nSPS) is 17.8. The molecule has 0 unspecified atom stereocenters. The van der Waals surface area contributed by atoms with Crippen LogP contribution in [0.15, 0.2) is 17.1 Å². The summed E-state index contributed by atoms with van der Waals surface area (Å²) in [4.78, 5) is 18.4. The minimum absolute atomic E-state index is 0.0211. The maximum absolute atomic E-state index is 12.5. The number of rotatable bonds is 4. The Labute approximate surface area is 127 Å². The number of aromatic nitrogens is 3. The molecule has 1 atom stereocenters. The largest absolute Gasteiger partial charge is 0.384 e. The average Bonchev–Trinajstić information content (AvgIpc) is 3.15. The quantitative estimate of drug-likeness (QED) is 0.863. The Kier molecular flexibility index (Phi) is 4.03. The van der Waals surface area contributed by atoms with E-state index in [2.05, 4.69) is 17.0 Å². The molecular formula is C14H18N4O2S. The highest BCUT2D eigenvalue weighted by Gasteiger charge is 2.31. The van der Waals surface area contributed by atoms with E-state index in [9.17, 15) is 4.79 Å². The molecule has 1 aliphatic heterocycles. The molecule has 0 fully saturated rings. The van der Waals surface area contributed by atoms with Crippen molar-refractivity contribution in [1.29, 1.82) is 0 Å². The van der Waals surface area contributed by atoms with Gasteiger partial charge in [-0.2, -0.15) is 5.10 Å². The van der Waals surface area contributed by atoms with Crippen LogP contribution in [0.5, 0.6) is 0 Å². The second-order valence-corrected chi connectivity index (χ2v) is 5.83. The van der Waals surface area contributed by atoms with Gasteiger partial charge in [-0.25, -0.2) is 4.98 Å². The first-order valence-electron chi connectivity index (χ1n) is 6.95. The van der Waals surface area contributed by atoms with Crippen molar-refractivity contribution in [2.45, 2.75) is 25.9 Å². The van der Waals surface area contributed by atoms with Crippen LogP contribution < -0.4 is 0 Å². The number of methoxy groups -OCH3 is 1. The molecule has 0 aliphatic carbocycles. The van der Waals surface area contributed by atoms with Crippen molar-refractivity contribution in [3.8, 4) is 0 Å². The van der Waals surface area contributed by atoms with Gasteiger partial charge < -0.3 is 9.64 Å². The minimum atomic E-state index is -0.0211. The molecule has 2 aromatic rings. The summed E-state index contributed by atoms with van der Waals surface area (Å²) in [6.45, 7) is 4.66. The third-order valence-corrected chi connectivity index (χ3v) is 4.28. The molecular weight excluding hydrogens is 288 g/mol. The van der Waals surface area contributed by atoms with Crippen LogP contribution in [0.2, 0.25) is 0 Å². The van der Waals surface area contributed by atoms with Gasteiger partial charge in [0.15, 0.2) is 0 Å². The summed E-state index contributed by atoms with van der Waals surface area (Å²) in [7, 11) is 1.68. The summed E-state index contributed by atoms with van der Waals surface area (Å²) in [5, 5.41) is 6.40. The van der Waals surface area contributed by atoms with Crippen LogP contribution in [0.3, 0.4) is 0 Å². The van der Waals surface area contributed by atoms with Crippen molar-refractivity contribution in [1.82, 2.24) is 19.7 Å². The number of thiazole rings is 1. The fourth-order valence-corrected chi connectivity index (χ4v) is 3.22. The highest BCUT2D eigenvalue weighted by Crippen LogP contribution is 2.28. The molecule has 0 spiro atoms. The van der Waals surface area contributed by atoms with E-state index < -0.39 is 0 Å². The summed E-state index contributed by atoms with van der Waals surface area (Å²) in [6, 6.07) is 0. The van der Waals surface area contributed by atoms with E-state index in [0.717, 1.165) is 17.8 Å². The Morgan fingerprint density at radius 1 is 1.57 bits per heavy atom. The zero-order valence-corrected chi connectivity index (χ0v) is 13.0. The lowest BCUT2D eigenvalue weighted by atomic mass is 9.97. The Hall–Kier alpha value is -1.73. The molecule has 7 heteroatoms. The molecule has 0 radical (unpaired) electrons. The molecule has 3 rings (SSSR count). The van der Waals surface area contributed by atoms with Crippen molar-refractivity contribution in [2.75, 3.05) is 20.3 Å². The maximum Gasteiger partial charge on any atom is 0.273 e. The average molecular weight is 306 g/mol. The standard InChI is InChI=1S/C14H18N4O2S/c1-3-18-6-10-4-17(14(19)12-8-21-9-15-12)5-11(7-20-2)13(10)16-18/h6,8-9,11H,3-5,7H2,1-2H3/t11-/m0/s1. The van der Waals surface area contributed by atoms with E-state index >= 15 is 0 Å².